The van der Waals surface area contributed by atoms with E-state index in [1.54, 1.807) is 7.05 Å². The highest BCUT2D eigenvalue weighted by atomic mass is 79.9. The van der Waals surface area contributed by atoms with Gasteiger partial charge in [0.25, 0.3) is 0 Å². The summed E-state index contributed by atoms with van der Waals surface area (Å²) in [5.74, 6) is 1.60. The standard InChI is InChI=1S/C18H27BrN4O/c1-13-5-4-10-23(12-13)18(20-3)21-9-8-17(24)22-16-11-15(19)7-6-14(16)2/h6-7,11,13H,4-5,8-10,12H2,1-3H3,(H,20,21)(H,22,24). The average Bonchev–Trinajstić information content (AvgIpc) is 2.55. The van der Waals surface area contributed by atoms with Crippen molar-refractivity contribution in [3.63, 3.8) is 0 Å². The molecule has 132 valence electrons. The van der Waals surface area contributed by atoms with Gasteiger partial charge in [-0.2, -0.15) is 0 Å². The molecule has 0 saturated carbocycles. The number of aliphatic imine (C=N–C) groups is 1. The molecule has 1 amide bonds. The third kappa shape index (κ3) is 5.51. The first-order valence-electron chi connectivity index (χ1n) is 8.51. The number of guanidine groups is 1. The first-order valence-corrected chi connectivity index (χ1v) is 9.30. The summed E-state index contributed by atoms with van der Waals surface area (Å²) in [5, 5.41) is 6.28. The van der Waals surface area contributed by atoms with Gasteiger partial charge in [0.05, 0.1) is 0 Å². The minimum atomic E-state index is 0.00571. The maximum atomic E-state index is 12.2. The SMILES string of the molecule is CN=C(NCCC(=O)Nc1cc(Br)ccc1C)N1CCCC(C)C1. The number of rotatable bonds is 4. The maximum Gasteiger partial charge on any atom is 0.226 e. The van der Waals surface area contributed by atoms with Crippen LogP contribution in [-0.4, -0.2) is 43.4 Å². The van der Waals surface area contributed by atoms with E-state index in [2.05, 4.69) is 43.4 Å². The van der Waals surface area contributed by atoms with Crippen molar-refractivity contribution in [1.82, 2.24) is 10.2 Å². The highest BCUT2D eigenvalue weighted by molar-refractivity contribution is 9.10. The fourth-order valence-corrected chi connectivity index (χ4v) is 3.30. The molecule has 0 aliphatic carbocycles. The zero-order chi connectivity index (χ0) is 17.5. The van der Waals surface area contributed by atoms with E-state index in [0.29, 0.717) is 18.9 Å². The Labute approximate surface area is 153 Å². The lowest BCUT2D eigenvalue weighted by atomic mass is 10.0. The second-order valence-electron chi connectivity index (χ2n) is 6.42. The van der Waals surface area contributed by atoms with Crippen LogP contribution in [-0.2, 0) is 4.79 Å². The van der Waals surface area contributed by atoms with Crippen molar-refractivity contribution in [3.8, 4) is 0 Å². The van der Waals surface area contributed by atoms with Crippen LogP contribution in [0.2, 0.25) is 0 Å². The highest BCUT2D eigenvalue weighted by Gasteiger charge is 2.19. The molecule has 5 nitrogen and oxygen atoms in total. The Morgan fingerprint density at radius 2 is 2.25 bits per heavy atom. The van der Waals surface area contributed by atoms with E-state index in [-0.39, 0.29) is 5.91 Å². The quantitative estimate of drug-likeness (QED) is 0.607. The average molecular weight is 395 g/mol. The summed E-state index contributed by atoms with van der Waals surface area (Å²) in [6.45, 7) is 6.90. The lowest BCUT2D eigenvalue weighted by Crippen LogP contribution is -2.46. The van der Waals surface area contributed by atoms with Gasteiger partial charge in [-0.15, -0.1) is 0 Å². The van der Waals surface area contributed by atoms with E-state index < -0.39 is 0 Å². The molecule has 1 atom stereocenters. The van der Waals surface area contributed by atoms with Gasteiger partial charge < -0.3 is 15.5 Å². The summed E-state index contributed by atoms with van der Waals surface area (Å²) in [7, 11) is 1.80. The number of likely N-dealkylation sites (tertiary alicyclic amines) is 1. The van der Waals surface area contributed by atoms with Gasteiger partial charge >= 0.3 is 0 Å². The van der Waals surface area contributed by atoms with E-state index in [9.17, 15) is 4.79 Å². The van der Waals surface area contributed by atoms with Gasteiger partial charge in [-0.3, -0.25) is 9.79 Å². The topological polar surface area (TPSA) is 56.7 Å². The molecule has 1 saturated heterocycles. The molecule has 1 aliphatic rings. The molecule has 1 unspecified atom stereocenters. The lowest BCUT2D eigenvalue weighted by molar-refractivity contribution is -0.116. The first kappa shape index (κ1) is 18.8. The Kier molecular flexibility index (Phi) is 7.09. The summed E-state index contributed by atoms with van der Waals surface area (Å²) in [4.78, 5) is 18.8. The number of nitrogens with one attached hydrogen (secondary N) is 2. The number of halogens is 1. The first-order chi connectivity index (χ1) is 11.5. The van der Waals surface area contributed by atoms with Gasteiger partial charge in [-0.25, -0.2) is 0 Å². The summed E-state index contributed by atoms with van der Waals surface area (Å²) in [6.07, 6.45) is 2.89. The minimum absolute atomic E-state index is 0.00571. The Hall–Kier alpha value is -1.56. The number of piperidine rings is 1. The second kappa shape index (κ2) is 9.06. The van der Waals surface area contributed by atoms with Crippen LogP contribution in [0.5, 0.6) is 0 Å². The van der Waals surface area contributed by atoms with Gasteiger partial charge in [-0.05, 0) is 43.4 Å². The number of amides is 1. The van der Waals surface area contributed by atoms with Crippen LogP contribution in [0.15, 0.2) is 27.7 Å². The Bertz CT molecular complexity index is 603. The molecule has 2 N–H and O–H groups in total. The number of hydrogen-bond acceptors (Lipinski definition) is 2. The second-order valence-corrected chi connectivity index (χ2v) is 7.34. The minimum Gasteiger partial charge on any atom is -0.356 e. The van der Waals surface area contributed by atoms with Crippen molar-refractivity contribution in [1.29, 1.82) is 0 Å². The zero-order valence-corrected chi connectivity index (χ0v) is 16.3. The molecule has 0 radical (unpaired) electrons. The van der Waals surface area contributed by atoms with E-state index >= 15 is 0 Å². The number of carbonyl (C=O) groups excluding carboxylic acids is 1. The molecule has 2 rings (SSSR count). The van der Waals surface area contributed by atoms with Crippen LogP contribution in [0.1, 0.15) is 31.7 Å². The predicted molar refractivity (Wildman–Crippen MR) is 103 cm³/mol. The van der Waals surface area contributed by atoms with Crippen LogP contribution in [0, 0.1) is 12.8 Å². The van der Waals surface area contributed by atoms with Gasteiger partial charge in [0.15, 0.2) is 5.96 Å². The van der Waals surface area contributed by atoms with Crippen molar-refractivity contribution in [2.45, 2.75) is 33.1 Å². The van der Waals surface area contributed by atoms with Crippen molar-refractivity contribution in [3.05, 3.63) is 28.2 Å². The van der Waals surface area contributed by atoms with Gasteiger partial charge in [0.2, 0.25) is 5.91 Å². The third-order valence-corrected chi connectivity index (χ3v) is 4.77. The molecule has 1 aromatic rings. The summed E-state index contributed by atoms with van der Waals surface area (Å²) in [5.41, 5.74) is 1.90. The van der Waals surface area contributed by atoms with E-state index in [0.717, 1.165) is 34.8 Å². The maximum absolute atomic E-state index is 12.2. The normalized spacial score (nSPS) is 18.4. The Morgan fingerprint density at radius 3 is 2.96 bits per heavy atom. The van der Waals surface area contributed by atoms with E-state index in [4.69, 9.17) is 0 Å². The molecule has 1 heterocycles. The van der Waals surface area contributed by atoms with Gasteiger partial charge in [0.1, 0.15) is 0 Å². The van der Waals surface area contributed by atoms with Crippen LogP contribution in [0.25, 0.3) is 0 Å². The molecular formula is C18H27BrN4O. The van der Waals surface area contributed by atoms with Crippen LogP contribution in [0.3, 0.4) is 0 Å². The number of nitrogens with zero attached hydrogens (tertiary/aromatic N) is 2. The number of benzene rings is 1. The predicted octanol–water partition coefficient (Wildman–Crippen LogP) is 3.39. The number of aryl methyl sites for hydroxylation is 1. The monoisotopic (exact) mass is 394 g/mol. The van der Waals surface area contributed by atoms with Crippen molar-refractivity contribution in [2.24, 2.45) is 10.9 Å². The third-order valence-electron chi connectivity index (χ3n) is 4.28. The number of carbonyl (C=O) groups is 1. The smallest absolute Gasteiger partial charge is 0.226 e. The molecular weight excluding hydrogens is 368 g/mol. The van der Waals surface area contributed by atoms with Crippen molar-refractivity contribution in [2.75, 3.05) is 32.0 Å². The van der Waals surface area contributed by atoms with E-state index in [1.807, 2.05) is 25.1 Å². The molecule has 6 heteroatoms. The van der Waals surface area contributed by atoms with Crippen LogP contribution in [0.4, 0.5) is 5.69 Å². The fourth-order valence-electron chi connectivity index (χ4n) is 2.94. The zero-order valence-electron chi connectivity index (χ0n) is 14.7. The Morgan fingerprint density at radius 1 is 1.46 bits per heavy atom. The molecule has 1 aromatic carbocycles. The number of anilines is 1. The molecule has 24 heavy (non-hydrogen) atoms. The van der Waals surface area contributed by atoms with Crippen molar-refractivity contribution >= 4 is 33.5 Å². The largest absolute Gasteiger partial charge is 0.356 e. The lowest BCUT2D eigenvalue weighted by Gasteiger charge is -2.33. The molecule has 1 aliphatic heterocycles. The van der Waals surface area contributed by atoms with E-state index in [1.165, 1.54) is 12.8 Å². The van der Waals surface area contributed by atoms with Crippen LogP contribution < -0.4 is 10.6 Å². The van der Waals surface area contributed by atoms with Crippen LogP contribution >= 0.6 is 15.9 Å². The van der Waals surface area contributed by atoms with Crippen molar-refractivity contribution < 1.29 is 4.79 Å². The number of hydrogen-bond donors (Lipinski definition) is 2. The molecule has 1 fully saturated rings. The molecule has 0 spiro atoms. The summed E-state index contributed by atoms with van der Waals surface area (Å²) >= 11 is 3.43. The molecule has 0 bridgehead atoms. The summed E-state index contributed by atoms with van der Waals surface area (Å²) in [6, 6.07) is 5.88. The molecule has 0 aromatic heterocycles. The highest BCUT2D eigenvalue weighted by Crippen LogP contribution is 2.20. The summed E-state index contributed by atoms with van der Waals surface area (Å²) < 4.78 is 0.959. The fraction of sp³-hybridized carbons (Fsp3) is 0.556. The van der Waals surface area contributed by atoms with Gasteiger partial charge in [0, 0.05) is 43.3 Å². The Balaban J connectivity index is 1.80. The van der Waals surface area contributed by atoms with Gasteiger partial charge in [-0.1, -0.05) is 28.9 Å².